The largest absolute Gasteiger partial charge is 0.495 e. The molecule has 0 saturated heterocycles. The zero-order chi connectivity index (χ0) is 24.8. The average Bonchev–Trinajstić information content (AvgIpc) is 2.79. The molecule has 176 valence electrons. The molecule has 7 nitrogen and oxygen atoms in total. The van der Waals surface area contributed by atoms with Crippen molar-refractivity contribution in [3.8, 4) is 11.5 Å². The Morgan fingerprint density at radius 2 is 1.65 bits per heavy atom. The van der Waals surface area contributed by atoms with Crippen molar-refractivity contribution < 1.29 is 19.1 Å². The van der Waals surface area contributed by atoms with E-state index >= 15 is 0 Å². The molecule has 0 aromatic heterocycles. The van der Waals surface area contributed by atoms with Crippen molar-refractivity contribution in [1.29, 1.82) is 0 Å². The van der Waals surface area contributed by atoms with Crippen LogP contribution in [0.5, 0.6) is 11.5 Å². The zero-order valence-electron chi connectivity index (χ0n) is 17.9. The Labute approximate surface area is 223 Å². The second kappa shape index (κ2) is 11.7. The van der Waals surface area contributed by atoms with Crippen molar-refractivity contribution in [3.05, 3.63) is 79.7 Å². The fourth-order valence-corrected chi connectivity index (χ4v) is 4.80. The number of thiocarbonyl (C=S) groups is 1. The lowest BCUT2D eigenvalue weighted by Crippen LogP contribution is -2.34. The Hall–Kier alpha value is -2.66. The summed E-state index contributed by atoms with van der Waals surface area (Å²) in [5, 5.41) is 8.73. The fourth-order valence-electron chi connectivity index (χ4n) is 2.98. The first-order valence-electron chi connectivity index (χ1n) is 9.62. The molecule has 3 aromatic carbocycles. The summed E-state index contributed by atoms with van der Waals surface area (Å²) in [4.78, 5) is 25.3. The van der Waals surface area contributed by atoms with Gasteiger partial charge < -0.3 is 20.1 Å². The molecule has 3 aromatic rings. The average molecular weight is 628 g/mol. The Kier molecular flexibility index (Phi) is 8.90. The van der Waals surface area contributed by atoms with Crippen LogP contribution in [0.3, 0.4) is 0 Å². The summed E-state index contributed by atoms with van der Waals surface area (Å²) in [7, 11) is 2.95. The SMILES string of the molecule is COc1cc(NC(=S)NC(=O)c2cc(Br)cc(Br)c2OC)ccc1NC(=O)c1ccccc1Cl. The van der Waals surface area contributed by atoms with Gasteiger partial charge in [-0.15, -0.1) is 0 Å². The number of hydrogen-bond acceptors (Lipinski definition) is 5. The van der Waals surface area contributed by atoms with E-state index in [1.807, 2.05) is 0 Å². The van der Waals surface area contributed by atoms with Gasteiger partial charge in [0.2, 0.25) is 0 Å². The number of ether oxygens (including phenoxy) is 2. The van der Waals surface area contributed by atoms with Gasteiger partial charge in [0.05, 0.1) is 40.5 Å². The van der Waals surface area contributed by atoms with E-state index in [-0.39, 0.29) is 11.0 Å². The van der Waals surface area contributed by atoms with Crippen molar-refractivity contribution in [3.63, 3.8) is 0 Å². The molecule has 0 aliphatic carbocycles. The van der Waals surface area contributed by atoms with Gasteiger partial charge in [-0.3, -0.25) is 14.9 Å². The molecule has 2 amide bonds. The summed E-state index contributed by atoms with van der Waals surface area (Å²) in [5.74, 6) is -0.0608. The van der Waals surface area contributed by atoms with E-state index in [0.29, 0.717) is 48.0 Å². The second-order valence-electron chi connectivity index (χ2n) is 6.73. The minimum Gasteiger partial charge on any atom is -0.495 e. The van der Waals surface area contributed by atoms with Crippen molar-refractivity contribution in [2.45, 2.75) is 0 Å². The molecule has 0 unspecified atom stereocenters. The fraction of sp³-hybridized carbons (Fsp3) is 0.0870. The summed E-state index contributed by atoms with van der Waals surface area (Å²) in [6, 6.07) is 15.1. The minimum absolute atomic E-state index is 0.0676. The highest BCUT2D eigenvalue weighted by atomic mass is 79.9. The molecule has 3 rings (SSSR count). The molecule has 0 heterocycles. The van der Waals surface area contributed by atoms with Crippen LogP contribution in [0.2, 0.25) is 5.02 Å². The van der Waals surface area contributed by atoms with Gasteiger partial charge in [-0.2, -0.15) is 0 Å². The first kappa shape index (κ1) is 26.0. The number of nitrogens with one attached hydrogen (secondary N) is 3. The quantitative estimate of drug-likeness (QED) is 0.280. The first-order chi connectivity index (χ1) is 16.2. The van der Waals surface area contributed by atoms with Crippen molar-refractivity contribution in [2.24, 2.45) is 0 Å². The lowest BCUT2D eigenvalue weighted by Gasteiger charge is -2.15. The Bertz CT molecular complexity index is 1270. The predicted molar refractivity (Wildman–Crippen MR) is 144 cm³/mol. The Morgan fingerprint density at radius 3 is 2.32 bits per heavy atom. The maximum Gasteiger partial charge on any atom is 0.261 e. The van der Waals surface area contributed by atoms with E-state index < -0.39 is 5.91 Å². The highest BCUT2D eigenvalue weighted by Crippen LogP contribution is 2.33. The molecule has 0 bridgehead atoms. The number of carbonyl (C=O) groups excluding carboxylic acids is 2. The zero-order valence-corrected chi connectivity index (χ0v) is 22.6. The Morgan fingerprint density at radius 1 is 0.912 bits per heavy atom. The lowest BCUT2D eigenvalue weighted by atomic mass is 10.2. The summed E-state index contributed by atoms with van der Waals surface area (Å²) >= 11 is 18.1. The number of amides is 2. The Balaban J connectivity index is 1.72. The third-order valence-electron chi connectivity index (χ3n) is 4.51. The third-order valence-corrected chi connectivity index (χ3v) is 6.09. The van der Waals surface area contributed by atoms with Gasteiger partial charge in [0.15, 0.2) is 5.11 Å². The van der Waals surface area contributed by atoms with Gasteiger partial charge in [-0.1, -0.05) is 39.7 Å². The summed E-state index contributed by atoms with van der Waals surface area (Å²) in [5.41, 5.74) is 1.62. The molecular weight excluding hydrogens is 610 g/mol. The van der Waals surface area contributed by atoms with Crippen LogP contribution in [0, 0.1) is 0 Å². The van der Waals surface area contributed by atoms with E-state index in [9.17, 15) is 9.59 Å². The third kappa shape index (κ3) is 6.26. The standard InChI is InChI=1S/C23H18Br2ClN3O4S/c1-32-19-11-13(7-8-18(19)28-21(30)14-5-3-4-6-17(14)26)27-23(34)29-22(31)15-9-12(24)10-16(25)20(15)33-2/h3-11H,1-2H3,(H,28,30)(H2,27,29,31,34). The summed E-state index contributed by atoms with van der Waals surface area (Å²) in [6.45, 7) is 0. The number of rotatable bonds is 6. The van der Waals surface area contributed by atoms with E-state index in [0.717, 1.165) is 0 Å². The summed E-state index contributed by atoms with van der Waals surface area (Å²) in [6.07, 6.45) is 0. The number of benzene rings is 3. The van der Waals surface area contributed by atoms with Gasteiger partial charge >= 0.3 is 0 Å². The van der Waals surface area contributed by atoms with Crippen molar-refractivity contribution in [1.82, 2.24) is 5.32 Å². The van der Waals surface area contributed by atoms with Gasteiger partial charge in [0, 0.05) is 16.2 Å². The molecule has 0 fully saturated rings. The van der Waals surface area contributed by atoms with E-state index in [2.05, 4.69) is 47.8 Å². The van der Waals surface area contributed by atoms with Crippen LogP contribution in [0.15, 0.2) is 63.5 Å². The first-order valence-corrected chi connectivity index (χ1v) is 12.0. The van der Waals surface area contributed by atoms with E-state index in [1.165, 1.54) is 14.2 Å². The lowest BCUT2D eigenvalue weighted by molar-refractivity contribution is 0.0973. The van der Waals surface area contributed by atoms with Crippen LogP contribution in [-0.4, -0.2) is 31.1 Å². The molecular formula is C23H18Br2ClN3O4S. The van der Waals surface area contributed by atoms with Crippen LogP contribution < -0.4 is 25.4 Å². The molecule has 34 heavy (non-hydrogen) atoms. The van der Waals surface area contributed by atoms with Gasteiger partial charge in [-0.25, -0.2) is 0 Å². The van der Waals surface area contributed by atoms with Crippen LogP contribution in [0.4, 0.5) is 11.4 Å². The van der Waals surface area contributed by atoms with Crippen LogP contribution in [0.1, 0.15) is 20.7 Å². The molecule has 0 spiro atoms. The van der Waals surface area contributed by atoms with Crippen LogP contribution in [-0.2, 0) is 0 Å². The predicted octanol–water partition coefficient (Wildman–Crippen LogP) is 6.26. The molecule has 0 aliphatic rings. The number of carbonyl (C=O) groups is 2. The highest BCUT2D eigenvalue weighted by Gasteiger charge is 2.18. The molecule has 0 aliphatic heterocycles. The van der Waals surface area contributed by atoms with E-state index in [1.54, 1.807) is 54.6 Å². The topological polar surface area (TPSA) is 88.7 Å². The number of methoxy groups -OCH3 is 2. The van der Waals surface area contributed by atoms with Crippen molar-refractivity contribution in [2.75, 3.05) is 24.9 Å². The van der Waals surface area contributed by atoms with Crippen LogP contribution >= 0.6 is 55.7 Å². The van der Waals surface area contributed by atoms with E-state index in [4.69, 9.17) is 33.3 Å². The second-order valence-corrected chi connectivity index (χ2v) is 9.31. The molecule has 0 atom stereocenters. The molecule has 0 radical (unpaired) electrons. The molecule has 11 heteroatoms. The normalized spacial score (nSPS) is 10.3. The summed E-state index contributed by atoms with van der Waals surface area (Å²) < 4.78 is 12.0. The monoisotopic (exact) mass is 625 g/mol. The van der Waals surface area contributed by atoms with Gasteiger partial charge in [0.1, 0.15) is 11.5 Å². The van der Waals surface area contributed by atoms with Gasteiger partial charge in [-0.05, 0) is 64.5 Å². The molecule has 3 N–H and O–H groups in total. The minimum atomic E-state index is -0.452. The van der Waals surface area contributed by atoms with Gasteiger partial charge in [0.25, 0.3) is 11.8 Å². The molecule has 0 saturated carbocycles. The number of hydrogen-bond donors (Lipinski definition) is 3. The highest BCUT2D eigenvalue weighted by molar-refractivity contribution is 9.11. The maximum atomic E-state index is 12.7. The van der Waals surface area contributed by atoms with Crippen LogP contribution in [0.25, 0.3) is 0 Å². The number of halogens is 3. The smallest absolute Gasteiger partial charge is 0.261 e. The van der Waals surface area contributed by atoms with Crippen molar-refractivity contribution >= 4 is 84.0 Å². The number of anilines is 2. The maximum absolute atomic E-state index is 12.7.